The number of amides is 1. The van der Waals surface area contributed by atoms with Crippen LogP contribution in [0.5, 0.6) is 0 Å². The number of halogens is 1. The van der Waals surface area contributed by atoms with Crippen molar-refractivity contribution in [1.29, 1.82) is 0 Å². The van der Waals surface area contributed by atoms with Gasteiger partial charge in [0.25, 0.3) is 5.91 Å². The first-order valence-corrected chi connectivity index (χ1v) is 5.48. The van der Waals surface area contributed by atoms with Gasteiger partial charge in [-0.2, -0.15) is 0 Å². The number of benzene rings is 1. The lowest BCUT2D eigenvalue weighted by Gasteiger charge is -1.95. The minimum absolute atomic E-state index is 0.423. The predicted octanol–water partition coefficient (Wildman–Crippen LogP) is 2.34. The van der Waals surface area contributed by atoms with E-state index < -0.39 is 5.91 Å². The average Bonchev–Trinajstić information content (AvgIpc) is 2.45. The van der Waals surface area contributed by atoms with Crippen molar-refractivity contribution >= 4 is 48.9 Å². The Hall–Kier alpha value is -1.07. The van der Waals surface area contributed by atoms with Crippen molar-refractivity contribution in [2.75, 3.05) is 5.73 Å². The molecular formula is C9H7BrN2OS. The highest BCUT2D eigenvalue weighted by Crippen LogP contribution is 2.37. The number of nitrogens with two attached hydrogens (primary N) is 2. The monoisotopic (exact) mass is 270 g/mol. The zero-order valence-electron chi connectivity index (χ0n) is 7.08. The third-order valence-corrected chi connectivity index (χ3v) is 3.77. The Morgan fingerprint density at radius 3 is 2.71 bits per heavy atom. The topological polar surface area (TPSA) is 69.1 Å². The predicted molar refractivity (Wildman–Crippen MR) is 62.5 cm³/mol. The van der Waals surface area contributed by atoms with Gasteiger partial charge >= 0.3 is 0 Å². The Kier molecular flexibility index (Phi) is 2.20. The number of anilines is 1. The molecule has 1 aromatic heterocycles. The maximum Gasteiger partial charge on any atom is 0.260 e. The first-order chi connectivity index (χ1) is 6.61. The first-order valence-electron chi connectivity index (χ1n) is 3.87. The largest absolute Gasteiger partial charge is 0.397 e. The molecule has 1 heterocycles. The molecule has 14 heavy (non-hydrogen) atoms. The molecule has 0 fully saturated rings. The van der Waals surface area contributed by atoms with Crippen molar-refractivity contribution in [2.45, 2.75) is 0 Å². The van der Waals surface area contributed by atoms with Crippen LogP contribution in [-0.2, 0) is 0 Å². The summed E-state index contributed by atoms with van der Waals surface area (Å²) < 4.78 is 1.85. The van der Waals surface area contributed by atoms with Gasteiger partial charge in [0, 0.05) is 14.6 Å². The molecule has 1 aromatic carbocycles. The van der Waals surface area contributed by atoms with E-state index in [-0.39, 0.29) is 0 Å². The van der Waals surface area contributed by atoms with E-state index in [0.29, 0.717) is 10.6 Å². The summed E-state index contributed by atoms with van der Waals surface area (Å²) in [7, 11) is 0. The fraction of sp³-hybridized carbons (Fsp3) is 0. The van der Waals surface area contributed by atoms with Crippen molar-refractivity contribution in [1.82, 2.24) is 0 Å². The summed E-state index contributed by atoms with van der Waals surface area (Å²) in [6.07, 6.45) is 0. The van der Waals surface area contributed by atoms with Crippen molar-refractivity contribution in [3.63, 3.8) is 0 Å². The van der Waals surface area contributed by atoms with Gasteiger partial charge in [0.05, 0.1) is 5.69 Å². The molecule has 0 aliphatic rings. The van der Waals surface area contributed by atoms with E-state index in [1.807, 2.05) is 18.2 Å². The van der Waals surface area contributed by atoms with Gasteiger partial charge in [0.2, 0.25) is 0 Å². The van der Waals surface area contributed by atoms with E-state index in [1.54, 1.807) is 0 Å². The zero-order valence-corrected chi connectivity index (χ0v) is 9.48. The molecule has 0 unspecified atom stereocenters. The Balaban J connectivity index is 2.87. The summed E-state index contributed by atoms with van der Waals surface area (Å²) in [4.78, 5) is 11.5. The van der Waals surface area contributed by atoms with Gasteiger partial charge in [0.1, 0.15) is 4.88 Å². The van der Waals surface area contributed by atoms with Gasteiger partial charge < -0.3 is 11.5 Å². The minimum atomic E-state index is -0.476. The summed E-state index contributed by atoms with van der Waals surface area (Å²) in [6, 6.07) is 5.69. The number of primary amides is 1. The molecule has 0 bridgehead atoms. The fourth-order valence-corrected chi connectivity index (χ4v) is 3.02. The molecule has 0 saturated carbocycles. The van der Waals surface area contributed by atoms with Gasteiger partial charge in [-0.15, -0.1) is 11.3 Å². The maximum atomic E-state index is 11.0. The minimum Gasteiger partial charge on any atom is -0.397 e. The van der Waals surface area contributed by atoms with Crippen LogP contribution >= 0.6 is 27.3 Å². The summed E-state index contributed by atoms with van der Waals surface area (Å²) >= 11 is 4.70. The molecule has 2 rings (SSSR count). The highest BCUT2D eigenvalue weighted by Gasteiger charge is 2.14. The number of hydrogen-bond acceptors (Lipinski definition) is 3. The molecule has 3 nitrogen and oxygen atoms in total. The molecule has 0 radical (unpaired) electrons. The van der Waals surface area contributed by atoms with Gasteiger partial charge in [-0.25, -0.2) is 0 Å². The molecule has 1 amide bonds. The summed E-state index contributed by atoms with van der Waals surface area (Å²) in [5.41, 5.74) is 11.5. The molecule has 0 saturated heterocycles. The van der Waals surface area contributed by atoms with E-state index >= 15 is 0 Å². The quantitative estimate of drug-likeness (QED) is 0.835. The van der Waals surface area contributed by atoms with Crippen molar-refractivity contribution < 1.29 is 4.79 Å². The van der Waals surface area contributed by atoms with E-state index in [0.717, 1.165) is 14.6 Å². The first kappa shape index (κ1) is 9.48. The molecule has 2 aromatic rings. The smallest absolute Gasteiger partial charge is 0.260 e. The third-order valence-electron chi connectivity index (χ3n) is 1.93. The van der Waals surface area contributed by atoms with Crippen LogP contribution in [0.2, 0.25) is 0 Å². The molecule has 0 spiro atoms. The molecule has 0 aliphatic carbocycles. The number of hydrogen-bond donors (Lipinski definition) is 2. The summed E-state index contributed by atoms with van der Waals surface area (Å²) in [5, 5.41) is 0.867. The molecule has 5 heteroatoms. The lowest BCUT2D eigenvalue weighted by atomic mass is 10.2. The highest BCUT2D eigenvalue weighted by molar-refractivity contribution is 9.10. The zero-order chi connectivity index (χ0) is 10.3. The van der Waals surface area contributed by atoms with Crippen LogP contribution in [-0.4, -0.2) is 5.91 Å². The van der Waals surface area contributed by atoms with Crippen LogP contribution in [0.4, 0.5) is 5.69 Å². The highest BCUT2D eigenvalue weighted by atomic mass is 79.9. The number of rotatable bonds is 1. The Labute approximate surface area is 92.8 Å². The molecule has 0 aliphatic heterocycles. The van der Waals surface area contributed by atoms with Crippen LogP contribution < -0.4 is 11.5 Å². The second-order valence-electron chi connectivity index (χ2n) is 2.82. The van der Waals surface area contributed by atoms with E-state index in [9.17, 15) is 4.79 Å². The lowest BCUT2D eigenvalue weighted by molar-refractivity contribution is 0.100. The second kappa shape index (κ2) is 3.25. The van der Waals surface area contributed by atoms with Gasteiger partial charge in [-0.1, -0.05) is 22.0 Å². The maximum absolute atomic E-state index is 11.0. The molecule has 0 atom stereocenters. The van der Waals surface area contributed by atoms with Gasteiger partial charge in [-0.3, -0.25) is 4.79 Å². The van der Waals surface area contributed by atoms with Crippen LogP contribution in [0.25, 0.3) is 10.1 Å². The summed E-state index contributed by atoms with van der Waals surface area (Å²) in [6.45, 7) is 0. The standard InChI is InChI=1S/C9H7BrN2OS/c10-4-2-1-3-5-6(4)7(11)8(14-5)9(12)13/h1-3H,11H2,(H2,12,13). The van der Waals surface area contributed by atoms with Crippen molar-refractivity contribution in [3.8, 4) is 0 Å². The van der Waals surface area contributed by atoms with Crippen molar-refractivity contribution in [2.24, 2.45) is 5.73 Å². The molecule has 4 N–H and O–H groups in total. The third kappa shape index (κ3) is 1.29. The van der Waals surface area contributed by atoms with Crippen LogP contribution in [0.1, 0.15) is 9.67 Å². The number of thiophene rings is 1. The second-order valence-corrected chi connectivity index (χ2v) is 4.73. The van der Waals surface area contributed by atoms with Crippen LogP contribution in [0, 0.1) is 0 Å². The van der Waals surface area contributed by atoms with Crippen molar-refractivity contribution in [3.05, 3.63) is 27.5 Å². The number of nitrogen functional groups attached to an aromatic ring is 1. The molecular weight excluding hydrogens is 264 g/mol. The van der Waals surface area contributed by atoms with Gasteiger partial charge in [0.15, 0.2) is 0 Å². The van der Waals surface area contributed by atoms with E-state index in [4.69, 9.17) is 11.5 Å². The Morgan fingerprint density at radius 1 is 1.43 bits per heavy atom. The average molecular weight is 271 g/mol. The Morgan fingerprint density at radius 2 is 2.14 bits per heavy atom. The SMILES string of the molecule is NC(=O)c1sc2cccc(Br)c2c1N. The summed E-state index contributed by atoms with van der Waals surface area (Å²) in [5.74, 6) is -0.476. The Bertz CT molecular complexity index is 521. The van der Waals surface area contributed by atoms with Crippen LogP contribution in [0.3, 0.4) is 0 Å². The molecule has 72 valence electrons. The fourth-order valence-electron chi connectivity index (χ4n) is 1.31. The van der Waals surface area contributed by atoms with Gasteiger partial charge in [-0.05, 0) is 12.1 Å². The lowest BCUT2D eigenvalue weighted by Crippen LogP contribution is -2.10. The number of fused-ring (bicyclic) bond motifs is 1. The van der Waals surface area contributed by atoms with E-state index in [2.05, 4.69) is 15.9 Å². The number of carbonyl (C=O) groups excluding carboxylic acids is 1. The normalized spacial score (nSPS) is 10.6. The van der Waals surface area contributed by atoms with E-state index in [1.165, 1.54) is 11.3 Å². The number of carbonyl (C=O) groups is 1. The van der Waals surface area contributed by atoms with Crippen LogP contribution in [0.15, 0.2) is 22.7 Å².